The van der Waals surface area contributed by atoms with Gasteiger partial charge in [-0.25, -0.2) is 0 Å². The third-order valence-electron chi connectivity index (χ3n) is 4.37. The Hall–Kier alpha value is -2.30. The molecule has 0 spiro atoms. The van der Waals surface area contributed by atoms with Gasteiger partial charge in [0.2, 0.25) is 0 Å². The molecule has 0 bridgehead atoms. The normalized spacial score (nSPS) is 17.9. The van der Waals surface area contributed by atoms with Gasteiger partial charge in [0.1, 0.15) is 0 Å². The number of anilines is 2. The van der Waals surface area contributed by atoms with E-state index >= 15 is 0 Å². The predicted octanol–water partition coefficient (Wildman–Crippen LogP) is 3.08. The minimum absolute atomic E-state index is 0. The second-order valence-corrected chi connectivity index (χ2v) is 5.67. The van der Waals surface area contributed by atoms with Crippen LogP contribution in [0.3, 0.4) is 0 Å². The van der Waals surface area contributed by atoms with Gasteiger partial charge in [0.05, 0.1) is 0 Å². The van der Waals surface area contributed by atoms with E-state index in [2.05, 4.69) is 35.3 Å². The molecule has 0 aromatic heterocycles. The van der Waals surface area contributed by atoms with Crippen molar-refractivity contribution in [3.63, 3.8) is 0 Å². The lowest BCUT2D eigenvalue weighted by Crippen LogP contribution is -2.30. The van der Waals surface area contributed by atoms with Crippen molar-refractivity contribution in [3.05, 3.63) is 78.0 Å². The van der Waals surface area contributed by atoms with E-state index in [4.69, 9.17) is 0 Å². The van der Waals surface area contributed by atoms with Gasteiger partial charge in [0, 0.05) is 23.0 Å². The molecule has 2 N–H and O–H groups in total. The number of hydrogen-bond donors (Lipinski definition) is 2. The average molecular weight is 305 g/mol. The first-order chi connectivity index (χ1) is 10.8. The molecule has 2 aromatic carbocycles. The molecule has 23 heavy (non-hydrogen) atoms. The van der Waals surface area contributed by atoms with Gasteiger partial charge in [-0.05, 0) is 41.7 Å². The summed E-state index contributed by atoms with van der Waals surface area (Å²) in [5.41, 5.74) is 5.20. The molecule has 2 aliphatic rings. The van der Waals surface area contributed by atoms with Crippen LogP contribution in [-0.2, 0) is 0 Å². The first-order valence-electron chi connectivity index (χ1n) is 7.47. The summed E-state index contributed by atoms with van der Waals surface area (Å²) < 4.78 is 0. The molecule has 4 rings (SSSR count). The van der Waals surface area contributed by atoms with Crippen molar-refractivity contribution in [2.75, 3.05) is 4.90 Å². The highest BCUT2D eigenvalue weighted by atomic mass is 16.4. The largest absolute Gasteiger partial charge is 0.488 e. The van der Waals surface area contributed by atoms with E-state index in [-0.39, 0.29) is 13.3 Å². The highest BCUT2D eigenvalue weighted by molar-refractivity contribution is 6.58. The second-order valence-electron chi connectivity index (χ2n) is 5.67. The SMILES string of the molecule is C.OB(O)c1ccc2c(c1)C1CC=CC=C1N2c1ccccc1. The molecule has 3 nitrogen and oxygen atoms in total. The highest BCUT2D eigenvalue weighted by Gasteiger charge is 2.35. The molecule has 1 heterocycles. The molecule has 0 saturated heterocycles. The van der Waals surface area contributed by atoms with Crippen LogP contribution in [0.1, 0.15) is 25.3 Å². The second kappa shape index (κ2) is 6.07. The van der Waals surface area contributed by atoms with Crippen LogP contribution in [0.15, 0.2) is 72.5 Å². The van der Waals surface area contributed by atoms with E-state index < -0.39 is 7.12 Å². The Bertz CT molecular complexity index is 768. The number of allylic oxidation sites excluding steroid dienone is 4. The maximum Gasteiger partial charge on any atom is 0.488 e. The van der Waals surface area contributed by atoms with Gasteiger partial charge in [-0.1, -0.05) is 49.9 Å². The number of benzene rings is 2. The molecule has 1 atom stereocenters. The summed E-state index contributed by atoms with van der Waals surface area (Å²) in [4.78, 5) is 2.26. The van der Waals surface area contributed by atoms with E-state index in [9.17, 15) is 10.0 Å². The monoisotopic (exact) mass is 305 g/mol. The van der Waals surface area contributed by atoms with Crippen LogP contribution < -0.4 is 10.4 Å². The summed E-state index contributed by atoms with van der Waals surface area (Å²) in [5.74, 6) is 0.277. The molecular weight excluding hydrogens is 285 g/mol. The van der Waals surface area contributed by atoms with Gasteiger partial charge in [-0.15, -0.1) is 0 Å². The first kappa shape index (κ1) is 15.6. The zero-order chi connectivity index (χ0) is 15.1. The van der Waals surface area contributed by atoms with Crippen molar-refractivity contribution in [1.82, 2.24) is 0 Å². The van der Waals surface area contributed by atoms with Crippen molar-refractivity contribution >= 4 is 24.0 Å². The molecule has 4 heteroatoms. The van der Waals surface area contributed by atoms with Crippen molar-refractivity contribution < 1.29 is 10.0 Å². The summed E-state index contributed by atoms with van der Waals surface area (Å²) in [6.45, 7) is 0. The van der Waals surface area contributed by atoms with E-state index in [1.54, 1.807) is 6.07 Å². The van der Waals surface area contributed by atoms with Crippen LogP contribution in [0.2, 0.25) is 0 Å². The highest BCUT2D eigenvalue weighted by Crippen LogP contribution is 2.49. The van der Waals surface area contributed by atoms with Gasteiger partial charge in [0.15, 0.2) is 0 Å². The zero-order valence-corrected chi connectivity index (χ0v) is 12.1. The van der Waals surface area contributed by atoms with Gasteiger partial charge in [-0.2, -0.15) is 0 Å². The van der Waals surface area contributed by atoms with Crippen LogP contribution in [-0.4, -0.2) is 17.2 Å². The minimum atomic E-state index is -1.43. The van der Waals surface area contributed by atoms with E-state index in [1.807, 2.05) is 30.3 Å². The van der Waals surface area contributed by atoms with Crippen molar-refractivity contribution in [3.8, 4) is 0 Å². The molecule has 2 aromatic rings. The maximum absolute atomic E-state index is 9.45. The van der Waals surface area contributed by atoms with E-state index in [0.717, 1.165) is 23.4 Å². The lowest BCUT2D eigenvalue weighted by Gasteiger charge is -2.24. The van der Waals surface area contributed by atoms with Crippen molar-refractivity contribution in [2.24, 2.45) is 0 Å². The Morgan fingerprint density at radius 1 is 1.04 bits per heavy atom. The molecule has 1 aliphatic heterocycles. The van der Waals surface area contributed by atoms with Crippen molar-refractivity contribution in [2.45, 2.75) is 19.8 Å². The minimum Gasteiger partial charge on any atom is -0.423 e. The Kier molecular flexibility index (Phi) is 4.11. The number of para-hydroxylation sites is 1. The van der Waals surface area contributed by atoms with Gasteiger partial charge < -0.3 is 14.9 Å². The standard InChI is InChI=1S/C18H16BNO2.CH4/c21-19(22)13-10-11-18-16(12-13)15-8-4-5-9-17(15)20(18)14-6-2-1-3-7-14;/h1-7,9-12,15,21-22H,8H2;1H4. The third-order valence-corrected chi connectivity index (χ3v) is 4.37. The molecule has 0 saturated carbocycles. The van der Waals surface area contributed by atoms with Crippen LogP contribution >= 0.6 is 0 Å². The van der Waals surface area contributed by atoms with Crippen LogP contribution in [0.5, 0.6) is 0 Å². The summed E-state index contributed by atoms with van der Waals surface area (Å²) in [5, 5.41) is 18.9. The maximum atomic E-state index is 9.45. The Morgan fingerprint density at radius 3 is 2.57 bits per heavy atom. The fraction of sp³-hybridized carbons (Fsp3) is 0.158. The molecule has 116 valence electrons. The lowest BCUT2D eigenvalue weighted by molar-refractivity contribution is 0.425. The number of hydrogen-bond acceptors (Lipinski definition) is 3. The summed E-state index contributed by atoms with van der Waals surface area (Å²) >= 11 is 0. The summed E-state index contributed by atoms with van der Waals surface area (Å²) in [7, 11) is -1.43. The van der Waals surface area contributed by atoms with Gasteiger partial charge >= 0.3 is 7.12 Å². The molecular formula is C19H20BNO2. The van der Waals surface area contributed by atoms with Crippen LogP contribution in [0, 0.1) is 0 Å². The molecule has 0 fully saturated rings. The first-order valence-corrected chi connectivity index (χ1v) is 7.47. The Morgan fingerprint density at radius 2 is 1.83 bits per heavy atom. The number of fused-ring (bicyclic) bond motifs is 3. The molecule has 0 amide bonds. The lowest BCUT2D eigenvalue weighted by atomic mass is 9.78. The molecule has 1 aliphatic carbocycles. The number of rotatable bonds is 2. The molecule has 0 radical (unpaired) electrons. The van der Waals surface area contributed by atoms with Gasteiger partial charge in [0.25, 0.3) is 0 Å². The Labute approximate surface area is 137 Å². The van der Waals surface area contributed by atoms with Crippen LogP contribution in [0.25, 0.3) is 0 Å². The third kappa shape index (κ3) is 2.50. The zero-order valence-electron chi connectivity index (χ0n) is 12.1. The fourth-order valence-electron chi connectivity index (χ4n) is 3.36. The van der Waals surface area contributed by atoms with Gasteiger partial charge in [-0.3, -0.25) is 0 Å². The quantitative estimate of drug-likeness (QED) is 0.838. The smallest absolute Gasteiger partial charge is 0.423 e. The fourth-order valence-corrected chi connectivity index (χ4v) is 3.36. The summed E-state index contributed by atoms with van der Waals surface area (Å²) in [6, 6.07) is 16.0. The molecule has 1 unspecified atom stereocenters. The van der Waals surface area contributed by atoms with E-state index in [0.29, 0.717) is 5.46 Å². The van der Waals surface area contributed by atoms with E-state index in [1.165, 1.54) is 5.70 Å². The van der Waals surface area contributed by atoms with Crippen LogP contribution in [0.4, 0.5) is 11.4 Å². The average Bonchev–Trinajstić information content (AvgIpc) is 2.89. The number of nitrogens with zero attached hydrogens (tertiary/aromatic N) is 1. The predicted molar refractivity (Wildman–Crippen MR) is 96.2 cm³/mol. The van der Waals surface area contributed by atoms with Crippen molar-refractivity contribution in [1.29, 1.82) is 0 Å². The topological polar surface area (TPSA) is 43.7 Å². The Balaban J connectivity index is 0.00000156. The summed E-state index contributed by atoms with van der Waals surface area (Å²) in [6.07, 6.45) is 7.34.